The number of fused-ring (bicyclic) bond motifs is 1. The third-order valence-corrected chi connectivity index (χ3v) is 10.1. The predicted molar refractivity (Wildman–Crippen MR) is 145 cm³/mol. The van der Waals surface area contributed by atoms with Crippen molar-refractivity contribution in [3.8, 4) is 5.75 Å². The molecule has 200 valence electrons. The average molecular weight is 537 g/mol. The first-order valence-corrected chi connectivity index (χ1v) is 13.7. The number of aliphatic hydroxyl groups is 1. The number of amides is 2. The largest absolute Gasteiger partial charge is 0.497 e. The Balaban J connectivity index is 1.59. The van der Waals surface area contributed by atoms with Crippen LogP contribution in [0.15, 0.2) is 67.3 Å². The summed E-state index contributed by atoms with van der Waals surface area (Å²) in [5, 5.41) is 20.4. The van der Waals surface area contributed by atoms with Gasteiger partial charge in [0.05, 0.1) is 36.3 Å². The van der Waals surface area contributed by atoms with Crippen molar-refractivity contribution in [1.82, 2.24) is 4.90 Å². The number of rotatable bonds is 10. The van der Waals surface area contributed by atoms with Crippen molar-refractivity contribution in [3.05, 3.63) is 72.8 Å². The van der Waals surface area contributed by atoms with E-state index in [1.807, 2.05) is 30.3 Å². The lowest BCUT2D eigenvalue weighted by molar-refractivity contribution is -0.149. The Morgan fingerprint density at radius 3 is 2.55 bits per heavy atom. The summed E-state index contributed by atoms with van der Waals surface area (Å²) in [5.74, 6) is -2.67. The second kappa shape index (κ2) is 10.5. The van der Waals surface area contributed by atoms with Crippen LogP contribution in [0.2, 0.25) is 0 Å². The fourth-order valence-electron chi connectivity index (χ4n) is 6.54. The van der Waals surface area contributed by atoms with Crippen LogP contribution < -0.4 is 9.64 Å². The van der Waals surface area contributed by atoms with Crippen LogP contribution in [0.4, 0.5) is 5.69 Å². The van der Waals surface area contributed by atoms with Gasteiger partial charge in [-0.2, -0.15) is 0 Å². The topological polar surface area (TPSA) is 107 Å². The fraction of sp³-hybridized carbons (Fsp3) is 0.414. The number of methoxy groups -OCH3 is 1. The lowest BCUT2D eigenvalue weighted by Gasteiger charge is -2.39. The third kappa shape index (κ3) is 4.18. The Morgan fingerprint density at radius 2 is 1.95 bits per heavy atom. The van der Waals surface area contributed by atoms with Gasteiger partial charge in [0.1, 0.15) is 11.8 Å². The number of anilines is 1. The van der Waals surface area contributed by atoms with Crippen LogP contribution in [-0.4, -0.2) is 75.2 Å². The van der Waals surface area contributed by atoms with Crippen LogP contribution in [-0.2, 0) is 20.8 Å². The second-order valence-corrected chi connectivity index (χ2v) is 11.7. The molecule has 6 atom stereocenters. The minimum Gasteiger partial charge on any atom is -0.497 e. The van der Waals surface area contributed by atoms with E-state index in [1.54, 1.807) is 42.4 Å². The molecule has 5 rings (SSSR count). The molecule has 3 aliphatic rings. The van der Waals surface area contributed by atoms with Gasteiger partial charge >= 0.3 is 5.97 Å². The maximum atomic E-state index is 14.5. The van der Waals surface area contributed by atoms with Crippen LogP contribution in [0.5, 0.6) is 5.75 Å². The molecule has 1 spiro atoms. The van der Waals surface area contributed by atoms with Crippen molar-refractivity contribution in [1.29, 1.82) is 0 Å². The Hall–Kier alpha value is -3.30. The van der Waals surface area contributed by atoms with Crippen molar-refractivity contribution in [3.63, 3.8) is 0 Å². The normalized spacial score (nSPS) is 28.2. The summed E-state index contributed by atoms with van der Waals surface area (Å²) in [5.41, 5.74) is 1.55. The maximum absolute atomic E-state index is 14.5. The van der Waals surface area contributed by atoms with Gasteiger partial charge in [-0.15, -0.1) is 18.3 Å². The molecule has 0 radical (unpaired) electrons. The van der Waals surface area contributed by atoms with Gasteiger partial charge in [-0.25, -0.2) is 0 Å². The molecule has 2 bridgehead atoms. The summed E-state index contributed by atoms with van der Waals surface area (Å²) in [6.45, 7) is 3.70. The Bertz CT molecular complexity index is 1220. The van der Waals surface area contributed by atoms with Crippen molar-refractivity contribution in [2.75, 3.05) is 25.2 Å². The number of thioether (sulfide) groups is 1. The predicted octanol–water partition coefficient (Wildman–Crippen LogP) is 2.99. The van der Waals surface area contributed by atoms with Crippen LogP contribution in [0, 0.1) is 11.8 Å². The van der Waals surface area contributed by atoms with Gasteiger partial charge < -0.3 is 24.7 Å². The molecule has 38 heavy (non-hydrogen) atoms. The SMILES string of the molecule is C=CCN(C(=O)C1N([C@@H](CO)Cc2ccccc2)C(=O)[C@@H]2[C@@H](C(=O)O)[C@H]3CCC12S3)c1ccc(OC)cc1. The molecule has 3 aliphatic heterocycles. The molecule has 2 N–H and O–H groups in total. The van der Waals surface area contributed by atoms with Crippen molar-refractivity contribution in [2.45, 2.75) is 41.3 Å². The Kier molecular flexibility index (Phi) is 7.24. The number of carbonyl (C=O) groups is 3. The average Bonchev–Trinajstić information content (AvgIpc) is 3.58. The van der Waals surface area contributed by atoms with Gasteiger partial charge in [-0.1, -0.05) is 36.4 Å². The monoisotopic (exact) mass is 536 g/mol. The van der Waals surface area contributed by atoms with Crippen molar-refractivity contribution < 1.29 is 29.3 Å². The first-order valence-electron chi connectivity index (χ1n) is 12.8. The quantitative estimate of drug-likeness (QED) is 0.450. The molecule has 8 nitrogen and oxygen atoms in total. The first-order chi connectivity index (χ1) is 18.4. The molecule has 0 aliphatic carbocycles. The number of aliphatic carboxylic acids is 1. The molecule has 9 heteroatoms. The molecule has 2 amide bonds. The van der Waals surface area contributed by atoms with Crippen LogP contribution >= 0.6 is 11.8 Å². The smallest absolute Gasteiger partial charge is 0.308 e. The zero-order valence-electron chi connectivity index (χ0n) is 21.2. The highest BCUT2D eigenvalue weighted by Gasteiger charge is 2.74. The van der Waals surface area contributed by atoms with Gasteiger partial charge in [-0.3, -0.25) is 14.4 Å². The molecule has 2 unspecified atom stereocenters. The van der Waals surface area contributed by atoms with E-state index in [9.17, 15) is 24.6 Å². The molecule has 0 saturated carbocycles. The van der Waals surface area contributed by atoms with E-state index in [4.69, 9.17) is 4.74 Å². The molecular weight excluding hydrogens is 504 g/mol. The first kappa shape index (κ1) is 26.3. The maximum Gasteiger partial charge on any atom is 0.308 e. The number of nitrogens with zero attached hydrogens (tertiary/aromatic N) is 2. The number of aliphatic hydroxyl groups excluding tert-OH is 1. The van der Waals surface area contributed by atoms with E-state index in [0.29, 0.717) is 30.7 Å². The van der Waals surface area contributed by atoms with Crippen LogP contribution in [0.25, 0.3) is 0 Å². The summed E-state index contributed by atoms with van der Waals surface area (Å²) >= 11 is 1.48. The molecule has 2 aromatic carbocycles. The van der Waals surface area contributed by atoms with Gasteiger partial charge in [0.25, 0.3) is 5.91 Å². The standard InChI is InChI=1S/C29H32N2O6S/c1-3-15-30(19-9-11-21(37-2)12-10-19)27(34)25-29-14-13-22(38-29)23(28(35)36)24(29)26(33)31(25)20(17-32)16-18-7-5-4-6-8-18/h3-12,20,22-25,32H,1,13-17H2,2H3,(H,35,36)/t20-,22-,23+,24+,25?,29?/m1/s1. The molecule has 0 aromatic heterocycles. The highest BCUT2D eigenvalue weighted by Crippen LogP contribution is 2.66. The Morgan fingerprint density at radius 1 is 1.24 bits per heavy atom. The summed E-state index contributed by atoms with van der Waals surface area (Å²) < 4.78 is 4.41. The lowest BCUT2D eigenvalue weighted by atomic mass is 9.71. The minimum atomic E-state index is -1.00. The number of likely N-dealkylation sites (tertiary alicyclic amines) is 1. The highest BCUT2D eigenvalue weighted by molar-refractivity contribution is 8.02. The van der Waals surface area contributed by atoms with Crippen molar-refractivity contribution in [2.24, 2.45) is 11.8 Å². The summed E-state index contributed by atoms with van der Waals surface area (Å²) in [4.78, 5) is 44.1. The van der Waals surface area contributed by atoms with E-state index in [1.165, 1.54) is 16.7 Å². The molecular formula is C29H32N2O6S. The minimum absolute atomic E-state index is 0.212. The third-order valence-electron chi connectivity index (χ3n) is 8.14. The summed E-state index contributed by atoms with van der Waals surface area (Å²) in [6.07, 6.45) is 3.19. The molecule has 3 heterocycles. The van der Waals surface area contributed by atoms with Crippen LogP contribution in [0.1, 0.15) is 18.4 Å². The van der Waals surface area contributed by atoms with Gasteiger partial charge in [0, 0.05) is 17.5 Å². The zero-order chi connectivity index (χ0) is 27.0. The van der Waals surface area contributed by atoms with E-state index in [-0.39, 0.29) is 30.2 Å². The van der Waals surface area contributed by atoms with E-state index in [2.05, 4.69) is 6.58 Å². The summed E-state index contributed by atoms with van der Waals surface area (Å²) in [7, 11) is 1.57. The zero-order valence-corrected chi connectivity index (χ0v) is 22.0. The van der Waals surface area contributed by atoms with Crippen molar-refractivity contribution >= 4 is 35.2 Å². The number of carboxylic acids is 1. The number of hydrogen-bond donors (Lipinski definition) is 2. The molecule has 2 aromatic rings. The second-order valence-electron chi connectivity index (χ2n) is 10.1. The van der Waals surface area contributed by atoms with E-state index >= 15 is 0 Å². The lowest BCUT2D eigenvalue weighted by Crippen LogP contribution is -2.58. The number of carboxylic acid groups (broad SMARTS) is 1. The fourth-order valence-corrected chi connectivity index (χ4v) is 8.74. The van der Waals surface area contributed by atoms with E-state index in [0.717, 1.165) is 5.56 Å². The van der Waals surface area contributed by atoms with Gasteiger partial charge in [0.2, 0.25) is 5.91 Å². The number of hydrogen-bond acceptors (Lipinski definition) is 6. The number of benzene rings is 2. The molecule has 3 fully saturated rings. The van der Waals surface area contributed by atoms with E-state index < -0.39 is 34.6 Å². The summed E-state index contributed by atoms with van der Waals surface area (Å²) in [6, 6.07) is 15.0. The number of ether oxygens (including phenoxy) is 1. The number of carbonyl (C=O) groups excluding carboxylic acids is 2. The van der Waals surface area contributed by atoms with Gasteiger partial charge in [0.15, 0.2) is 0 Å². The van der Waals surface area contributed by atoms with Crippen LogP contribution in [0.3, 0.4) is 0 Å². The highest BCUT2D eigenvalue weighted by atomic mass is 32.2. The Labute approximate surface area is 226 Å². The van der Waals surface area contributed by atoms with Gasteiger partial charge in [-0.05, 0) is 49.1 Å². The molecule has 3 saturated heterocycles.